The lowest BCUT2D eigenvalue weighted by Crippen LogP contribution is -2.42. The van der Waals surface area contributed by atoms with Gasteiger partial charge in [0.1, 0.15) is 5.76 Å². The van der Waals surface area contributed by atoms with Crippen LogP contribution in [0.1, 0.15) is 50.6 Å². The molecule has 1 aliphatic heterocycles. The second kappa shape index (κ2) is 8.21. The van der Waals surface area contributed by atoms with Crippen LogP contribution < -0.4 is 5.32 Å². The van der Waals surface area contributed by atoms with Crippen molar-refractivity contribution < 1.29 is 14.0 Å². The molecule has 140 valence electrons. The summed E-state index contributed by atoms with van der Waals surface area (Å²) in [6, 6.07) is 5.38. The molecule has 0 aromatic carbocycles. The Labute approximate surface area is 153 Å². The molecule has 0 radical (unpaired) electrons. The van der Waals surface area contributed by atoms with Gasteiger partial charge in [0.2, 0.25) is 11.8 Å². The van der Waals surface area contributed by atoms with Crippen molar-refractivity contribution in [2.24, 2.45) is 5.92 Å². The number of rotatable bonds is 7. The number of hydrogen-bond donors (Lipinski definition) is 1. The van der Waals surface area contributed by atoms with E-state index in [1.807, 2.05) is 21.7 Å². The molecular formula is C19H26N4O3. The van der Waals surface area contributed by atoms with E-state index in [1.54, 1.807) is 18.5 Å². The van der Waals surface area contributed by atoms with E-state index in [9.17, 15) is 9.59 Å². The monoisotopic (exact) mass is 358 g/mol. The first-order valence-corrected chi connectivity index (χ1v) is 9.12. The van der Waals surface area contributed by atoms with Crippen molar-refractivity contribution in [2.45, 2.75) is 52.2 Å². The summed E-state index contributed by atoms with van der Waals surface area (Å²) in [7, 11) is 0. The highest BCUT2D eigenvalue weighted by molar-refractivity contribution is 5.78. The first kappa shape index (κ1) is 18.2. The maximum absolute atomic E-state index is 12.5. The molecule has 0 fully saturated rings. The molecule has 0 saturated carbocycles. The van der Waals surface area contributed by atoms with Crippen LogP contribution in [-0.2, 0) is 22.7 Å². The Morgan fingerprint density at radius 2 is 2.23 bits per heavy atom. The van der Waals surface area contributed by atoms with Gasteiger partial charge in [-0.2, -0.15) is 5.10 Å². The van der Waals surface area contributed by atoms with Gasteiger partial charge in [0.25, 0.3) is 0 Å². The van der Waals surface area contributed by atoms with Gasteiger partial charge in [-0.15, -0.1) is 0 Å². The van der Waals surface area contributed by atoms with Crippen molar-refractivity contribution in [1.29, 1.82) is 0 Å². The topological polar surface area (TPSA) is 80.4 Å². The summed E-state index contributed by atoms with van der Waals surface area (Å²) in [6.07, 6.45) is 5.01. The average molecular weight is 358 g/mol. The zero-order valence-corrected chi connectivity index (χ0v) is 15.4. The third-order valence-corrected chi connectivity index (χ3v) is 4.63. The molecule has 1 aliphatic rings. The highest BCUT2D eigenvalue weighted by atomic mass is 16.3. The number of nitrogens with zero attached hydrogens (tertiary/aromatic N) is 3. The molecule has 1 atom stereocenters. The van der Waals surface area contributed by atoms with Gasteiger partial charge in [0, 0.05) is 19.2 Å². The zero-order valence-electron chi connectivity index (χ0n) is 15.4. The van der Waals surface area contributed by atoms with Crippen LogP contribution >= 0.6 is 0 Å². The van der Waals surface area contributed by atoms with Crippen LogP contribution in [0.25, 0.3) is 0 Å². The van der Waals surface area contributed by atoms with Crippen LogP contribution in [0.2, 0.25) is 0 Å². The van der Waals surface area contributed by atoms with Crippen molar-refractivity contribution in [1.82, 2.24) is 20.0 Å². The predicted molar refractivity (Wildman–Crippen MR) is 95.9 cm³/mol. The normalized spacial score (nSPS) is 16.6. The van der Waals surface area contributed by atoms with Crippen LogP contribution in [0, 0.1) is 5.92 Å². The third kappa shape index (κ3) is 4.53. The summed E-state index contributed by atoms with van der Waals surface area (Å²) in [5.74, 6) is 1.28. The predicted octanol–water partition coefficient (Wildman–Crippen LogP) is 2.50. The molecule has 7 heteroatoms. The summed E-state index contributed by atoms with van der Waals surface area (Å²) in [5, 5.41) is 7.21. The van der Waals surface area contributed by atoms with Gasteiger partial charge in [0.15, 0.2) is 0 Å². The number of nitrogens with one attached hydrogen (secondary N) is 1. The lowest BCUT2D eigenvalue weighted by molar-refractivity contribution is -0.134. The van der Waals surface area contributed by atoms with Gasteiger partial charge >= 0.3 is 0 Å². The Morgan fingerprint density at radius 3 is 2.96 bits per heavy atom. The Hall–Kier alpha value is -2.57. The molecule has 0 unspecified atom stereocenters. The van der Waals surface area contributed by atoms with Crippen molar-refractivity contribution in [3.63, 3.8) is 0 Å². The molecule has 3 rings (SSSR count). The van der Waals surface area contributed by atoms with Crippen molar-refractivity contribution in [3.05, 3.63) is 42.1 Å². The molecule has 0 saturated heterocycles. The summed E-state index contributed by atoms with van der Waals surface area (Å²) in [5.41, 5.74) is 0.970. The summed E-state index contributed by atoms with van der Waals surface area (Å²) < 4.78 is 7.10. The summed E-state index contributed by atoms with van der Waals surface area (Å²) in [6.45, 7) is 5.66. The molecule has 2 aromatic rings. The van der Waals surface area contributed by atoms with Gasteiger partial charge in [0.05, 0.1) is 37.5 Å². The van der Waals surface area contributed by atoms with E-state index in [0.717, 1.165) is 12.1 Å². The quantitative estimate of drug-likeness (QED) is 0.825. The molecule has 3 heterocycles. The molecule has 0 aliphatic carbocycles. The highest BCUT2D eigenvalue weighted by Gasteiger charge is 2.29. The molecule has 0 spiro atoms. The van der Waals surface area contributed by atoms with Crippen molar-refractivity contribution >= 4 is 11.8 Å². The Balaban J connectivity index is 1.60. The molecular weight excluding hydrogens is 332 g/mol. The van der Waals surface area contributed by atoms with Gasteiger partial charge < -0.3 is 14.6 Å². The van der Waals surface area contributed by atoms with E-state index in [2.05, 4.69) is 24.3 Å². The van der Waals surface area contributed by atoms with Crippen molar-refractivity contribution in [3.8, 4) is 0 Å². The van der Waals surface area contributed by atoms with Gasteiger partial charge in [-0.3, -0.25) is 14.3 Å². The van der Waals surface area contributed by atoms with Gasteiger partial charge in [-0.25, -0.2) is 0 Å². The van der Waals surface area contributed by atoms with Crippen LogP contribution in [0.3, 0.4) is 0 Å². The average Bonchev–Trinajstić information content (AvgIpc) is 3.29. The molecule has 26 heavy (non-hydrogen) atoms. The molecule has 2 aromatic heterocycles. The van der Waals surface area contributed by atoms with Crippen LogP contribution in [0.5, 0.6) is 0 Å². The van der Waals surface area contributed by atoms with Crippen LogP contribution in [0.4, 0.5) is 0 Å². The lowest BCUT2D eigenvalue weighted by Gasteiger charge is -2.34. The van der Waals surface area contributed by atoms with Crippen molar-refractivity contribution in [2.75, 3.05) is 6.54 Å². The smallest absolute Gasteiger partial charge is 0.223 e. The number of furan rings is 1. The largest absolute Gasteiger partial charge is 0.467 e. The Kier molecular flexibility index (Phi) is 5.75. The van der Waals surface area contributed by atoms with E-state index < -0.39 is 0 Å². The van der Waals surface area contributed by atoms with E-state index in [0.29, 0.717) is 37.7 Å². The Bertz CT molecular complexity index is 736. The van der Waals surface area contributed by atoms with E-state index in [4.69, 9.17) is 4.42 Å². The maximum Gasteiger partial charge on any atom is 0.223 e. The minimum Gasteiger partial charge on any atom is -0.467 e. The number of carbonyl (C=O) groups excluding carboxylic acids is 2. The summed E-state index contributed by atoms with van der Waals surface area (Å²) in [4.78, 5) is 26.7. The third-order valence-electron chi connectivity index (χ3n) is 4.63. The second-order valence-corrected chi connectivity index (χ2v) is 7.19. The molecule has 7 nitrogen and oxygen atoms in total. The number of carbonyl (C=O) groups is 2. The fraction of sp³-hybridized carbons (Fsp3) is 0.526. The lowest BCUT2D eigenvalue weighted by atomic mass is 10.1. The minimum atomic E-state index is -0.145. The Morgan fingerprint density at radius 1 is 1.38 bits per heavy atom. The SMILES string of the molecule is CC(C)CCC(=O)N1Cc2ccnn2[C@@H](CC(=O)NCc2ccco2)C1. The summed E-state index contributed by atoms with van der Waals surface area (Å²) >= 11 is 0. The van der Waals surface area contributed by atoms with Gasteiger partial charge in [-0.05, 0) is 30.5 Å². The first-order valence-electron chi connectivity index (χ1n) is 9.12. The van der Waals surface area contributed by atoms with E-state index in [-0.39, 0.29) is 24.3 Å². The molecule has 1 N–H and O–H groups in total. The van der Waals surface area contributed by atoms with Crippen LogP contribution in [-0.4, -0.2) is 33.0 Å². The zero-order chi connectivity index (χ0) is 18.5. The first-order chi connectivity index (χ1) is 12.5. The van der Waals surface area contributed by atoms with E-state index >= 15 is 0 Å². The second-order valence-electron chi connectivity index (χ2n) is 7.19. The highest BCUT2D eigenvalue weighted by Crippen LogP contribution is 2.24. The number of aromatic nitrogens is 2. The van der Waals surface area contributed by atoms with E-state index in [1.165, 1.54) is 0 Å². The number of fused-ring (bicyclic) bond motifs is 1. The standard InChI is InChI=1S/C19H26N4O3/c1-14(2)5-6-19(25)22-12-15-7-8-21-23(15)16(13-22)10-18(24)20-11-17-4-3-9-26-17/h3-4,7-9,14,16H,5-6,10-13H2,1-2H3,(H,20,24)/t16-/m0/s1. The van der Waals surface area contributed by atoms with Gasteiger partial charge in [-0.1, -0.05) is 13.8 Å². The maximum atomic E-state index is 12.5. The minimum absolute atomic E-state index is 0.0793. The number of amides is 2. The van der Waals surface area contributed by atoms with Crippen LogP contribution in [0.15, 0.2) is 35.1 Å². The molecule has 0 bridgehead atoms. The molecule has 2 amide bonds. The fourth-order valence-electron chi connectivity index (χ4n) is 3.18. The fourth-order valence-corrected chi connectivity index (χ4v) is 3.18. The number of hydrogen-bond acceptors (Lipinski definition) is 4.